The van der Waals surface area contributed by atoms with E-state index in [-0.39, 0.29) is 12.1 Å². The molecule has 3 heterocycles. The number of hydrogen-bond donors (Lipinski definition) is 1. The summed E-state index contributed by atoms with van der Waals surface area (Å²) in [6, 6.07) is 0.623. The number of fused-ring (bicyclic) bond motifs is 2. The van der Waals surface area contributed by atoms with Crippen molar-refractivity contribution in [3.63, 3.8) is 0 Å². The van der Waals surface area contributed by atoms with Gasteiger partial charge in [0.1, 0.15) is 0 Å². The zero-order valence-corrected chi connectivity index (χ0v) is 12.5. The molecule has 0 spiro atoms. The fourth-order valence-electron chi connectivity index (χ4n) is 3.46. The SMILES string of the molecule is CCOC(=O)c1cnc(N2C3CCC2CC(O)C3)nc1C. The van der Waals surface area contributed by atoms with Crippen LogP contribution in [0.4, 0.5) is 5.95 Å². The Morgan fingerprint density at radius 1 is 1.43 bits per heavy atom. The van der Waals surface area contributed by atoms with Crippen molar-refractivity contribution in [3.05, 3.63) is 17.5 Å². The minimum atomic E-state index is -0.376. The molecule has 2 bridgehead atoms. The Hall–Kier alpha value is -1.69. The summed E-state index contributed by atoms with van der Waals surface area (Å²) in [4.78, 5) is 22.9. The van der Waals surface area contributed by atoms with Crippen LogP contribution in [-0.4, -0.2) is 45.8 Å². The maximum absolute atomic E-state index is 11.8. The van der Waals surface area contributed by atoms with Crippen molar-refractivity contribution < 1.29 is 14.6 Å². The van der Waals surface area contributed by atoms with Gasteiger partial charge >= 0.3 is 5.97 Å². The molecule has 6 heteroatoms. The van der Waals surface area contributed by atoms with Crippen LogP contribution in [0.1, 0.15) is 48.7 Å². The first-order valence-corrected chi connectivity index (χ1v) is 7.57. The van der Waals surface area contributed by atoms with Crippen LogP contribution in [0.15, 0.2) is 6.20 Å². The molecule has 0 amide bonds. The smallest absolute Gasteiger partial charge is 0.341 e. The summed E-state index contributed by atoms with van der Waals surface area (Å²) in [6.07, 6.45) is 5.05. The van der Waals surface area contributed by atoms with Gasteiger partial charge in [0.25, 0.3) is 0 Å². The number of aryl methyl sites for hydroxylation is 1. The van der Waals surface area contributed by atoms with Crippen molar-refractivity contribution in [3.8, 4) is 0 Å². The number of piperidine rings is 1. The minimum absolute atomic E-state index is 0.210. The van der Waals surface area contributed by atoms with Crippen molar-refractivity contribution in [1.29, 1.82) is 0 Å². The maximum atomic E-state index is 11.8. The Bertz CT molecular complexity index is 535. The van der Waals surface area contributed by atoms with Crippen molar-refractivity contribution in [2.45, 2.75) is 57.7 Å². The third-order valence-electron chi connectivity index (χ3n) is 4.40. The Morgan fingerprint density at radius 2 is 2.10 bits per heavy atom. The Balaban J connectivity index is 1.84. The lowest BCUT2D eigenvalue weighted by Gasteiger charge is -2.37. The molecule has 3 rings (SSSR count). The van der Waals surface area contributed by atoms with Crippen LogP contribution in [0.3, 0.4) is 0 Å². The normalized spacial score (nSPS) is 27.8. The van der Waals surface area contributed by atoms with Crippen molar-refractivity contribution in [2.75, 3.05) is 11.5 Å². The van der Waals surface area contributed by atoms with Gasteiger partial charge in [-0.2, -0.15) is 0 Å². The molecule has 1 aromatic rings. The molecule has 114 valence electrons. The van der Waals surface area contributed by atoms with E-state index in [1.54, 1.807) is 20.0 Å². The first-order valence-electron chi connectivity index (χ1n) is 7.57. The lowest BCUT2D eigenvalue weighted by molar-refractivity contribution is 0.0524. The first-order chi connectivity index (χ1) is 10.1. The number of esters is 1. The number of ether oxygens (including phenoxy) is 1. The van der Waals surface area contributed by atoms with E-state index in [0.717, 1.165) is 25.7 Å². The highest BCUT2D eigenvalue weighted by molar-refractivity contribution is 5.90. The summed E-state index contributed by atoms with van der Waals surface area (Å²) in [5.41, 5.74) is 1.06. The predicted molar refractivity (Wildman–Crippen MR) is 77.3 cm³/mol. The minimum Gasteiger partial charge on any atom is -0.462 e. The molecule has 2 unspecified atom stereocenters. The topological polar surface area (TPSA) is 75.5 Å². The van der Waals surface area contributed by atoms with E-state index in [1.807, 2.05) is 0 Å². The number of rotatable bonds is 3. The number of hydrogen-bond acceptors (Lipinski definition) is 6. The van der Waals surface area contributed by atoms with Crippen molar-refractivity contribution >= 4 is 11.9 Å². The lowest BCUT2D eigenvalue weighted by Crippen LogP contribution is -2.45. The third-order valence-corrected chi connectivity index (χ3v) is 4.40. The van der Waals surface area contributed by atoms with Crippen LogP contribution >= 0.6 is 0 Å². The molecule has 0 radical (unpaired) electrons. The third kappa shape index (κ3) is 2.60. The molecule has 2 fully saturated rings. The van der Waals surface area contributed by atoms with Gasteiger partial charge in [-0.15, -0.1) is 0 Å². The van der Waals surface area contributed by atoms with Crippen molar-refractivity contribution in [2.24, 2.45) is 0 Å². The van der Waals surface area contributed by atoms with Gasteiger partial charge < -0.3 is 14.7 Å². The summed E-state index contributed by atoms with van der Waals surface area (Å²) >= 11 is 0. The second-order valence-corrected chi connectivity index (χ2v) is 5.81. The molecule has 2 aliphatic rings. The van der Waals surface area contributed by atoms with E-state index in [0.29, 0.717) is 35.9 Å². The number of carbonyl (C=O) groups excluding carboxylic acids is 1. The molecule has 0 saturated carbocycles. The van der Waals surface area contributed by atoms with Gasteiger partial charge in [0.2, 0.25) is 5.95 Å². The van der Waals surface area contributed by atoms with Gasteiger partial charge in [0.05, 0.1) is 24.0 Å². The summed E-state index contributed by atoms with van der Waals surface area (Å²) in [5.74, 6) is 0.290. The number of nitrogens with zero attached hydrogens (tertiary/aromatic N) is 3. The van der Waals surface area contributed by atoms with Gasteiger partial charge in [-0.3, -0.25) is 0 Å². The van der Waals surface area contributed by atoms with Crippen molar-refractivity contribution in [1.82, 2.24) is 9.97 Å². The lowest BCUT2D eigenvalue weighted by atomic mass is 10.0. The average molecular weight is 291 g/mol. The predicted octanol–water partition coefficient (Wildman–Crippen LogP) is 1.45. The largest absolute Gasteiger partial charge is 0.462 e. The van der Waals surface area contributed by atoms with Gasteiger partial charge in [-0.05, 0) is 39.5 Å². The molecular formula is C15H21N3O3. The van der Waals surface area contributed by atoms with Gasteiger partial charge in [0.15, 0.2) is 0 Å². The van der Waals surface area contributed by atoms with Crippen LogP contribution in [-0.2, 0) is 4.74 Å². The Labute approximate surface area is 124 Å². The molecule has 21 heavy (non-hydrogen) atoms. The molecule has 2 aliphatic heterocycles. The summed E-state index contributed by atoms with van der Waals surface area (Å²) in [6.45, 7) is 3.92. The highest BCUT2D eigenvalue weighted by atomic mass is 16.5. The number of carbonyl (C=O) groups is 1. The first kappa shape index (κ1) is 14.3. The van der Waals surface area contributed by atoms with E-state index >= 15 is 0 Å². The fraction of sp³-hybridized carbons (Fsp3) is 0.667. The highest BCUT2D eigenvalue weighted by Crippen LogP contribution is 2.37. The molecule has 0 aromatic carbocycles. The second-order valence-electron chi connectivity index (χ2n) is 5.81. The molecule has 0 aliphatic carbocycles. The van der Waals surface area contributed by atoms with E-state index in [4.69, 9.17) is 4.74 Å². The highest BCUT2D eigenvalue weighted by Gasteiger charge is 2.41. The van der Waals surface area contributed by atoms with E-state index in [9.17, 15) is 9.90 Å². The van der Waals surface area contributed by atoms with Gasteiger partial charge in [-0.1, -0.05) is 0 Å². The van der Waals surface area contributed by atoms with Crippen LogP contribution < -0.4 is 4.90 Å². The number of aliphatic hydroxyl groups is 1. The molecule has 1 N–H and O–H groups in total. The van der Waals surface area contributed by atoms with Crippen LogP contribution in [0.25, 0.3) is 0 Å². The summed E-state index contributed by atoms with van der Waals surface area (Å²) in [5, 5.41) is 9.86. The zero-order valence-electron chi connectivity index (χ0n) is 12.5. The van der Waals surface area contributed by atoms with Crippen LogP contribution in [0, 0.1) is 6.92 Å². The van der Waals surface area contributed by atoms with Gasteiger partial charge in [-0.25, -0.2) is 14.8 Å². The zero-order chi connectivity index (χ0) is 15.0. The molecule has 6 nitrogen and oxygen atoms in total. The second kappa shape index (κ2) is 5.60. The van der Waals surface area contributed by atoms with E-state index < -0.39 is 0 Å². The number of anilines is 1. The number of aromatic nitrogens is 2. The summed E-state index contributed by atoms with van der Waals surface area (Å²) in [7, 11) is 0. The van der Waals surface area contributed by atoms with E-state index in [2.05, 4.69) is 14.9 Å². The summed E-state index contributed by atoms with van der Waals surface area (Å²) < 4.78 is 5.00. The Kier molecular flexibility index (Phi) is 3.80. The maximum Gasteiger partial charge on any atom is 0.341 e. The number of aliphatic hydroxyl groups excluding tert-OH is 1. The van der Waals surface area contributed by atoms with E-state index in [1.165, 1.54) is 0 Å². The van der Waals surface area contributed by atoms with Crippen LogP contribution in [0.5, 0.6) is 0 Å². The Morgan fingerprint density at radius 3 is 2.67 bits per heavy atom. The molecular weight excluding hydrogens is 270 g/mol. The standard InChI is InChI=1S/C15H21N3O3/c1-3-21-14(20)13-8-16-15(17-9(13)2)18-10-4-5-11(18)7-12(19)6-10/h8,10-12,19H,3-7H2,1-2H3. The molecule has 2 atom stereocenters. The quantitative estimate of drug-likeness (QED) is 0.850. The fourth-order valence-corrected chi connectivity index (χ4v) is 3.46. The molecule has 2 saturated heterocycles. The monoisotopic (exact) mass is 291 g/mol. The average Bonchev–Trinajstić information content (AvgIpc) is 2.71. The molecule has 1 aromatic heterocycles. The van der Waals surface area contributed by atoms with Gasteiger partial charge in [0, 0.05) is 18.3 Å². The van der Waals surface area contributed by atoms with Crippen LogP contribution in [0.2, 0.25) is 0 Å².